The number of amides is 1. The molecule has 1 aliphatic heterocycles. The lowest BCUT2D eigenvalue weighted by atomic mass is 10.2. The molecule has 1 aliphatic rings. The molecule has 0 radical (unpaired) electrons. The summed E-state index contributed by atoms with van der Waals surface area (Å²) >= 11 is 5.89. The minimum atomic E-state index is -4.65. The molecular formula is C14H16ClF3N2O3S. The lowest BCUT2D eigenvalue weighted by molar-refractivity contribution is -0.137. The van der Waals surface area contributed by atoms with Gasteiger partial charge >= 0.3 is 6.18 Å². The Morgan fingerprint density at radius 2 is 1.88 bits per heavy atom. The Hall–Kier alpha value is -1.48. The van der Waals surface area contributed by atoms with E-state index in [9.17, 15) is 26.4 Å². The number of anilines is 1. The second kappa shape index (κ2) is 6.79. The van der Waals surface area contributed by atoms with Crippen LogP contribution < -0.4 is 4.31 Å². The summed E-state index contributed by atoms with van der Waals surface area (Å²) in [7, 11) is -3.99. The number of alkyl halides is 3. The summed E-state index contributed by atoms with van der Waals surface area (Å²) in [6.07, 6.45) is -2.20. The van der Waals surface area contributed by atoms with Crippen molar-refractivity contribution in [1.82, 2.24) is 4.90 Å². The van der Waals surface area contributed by atoms with E-state index < -0.39 is 34.2 Å². The number of hydrogen-bond acceptors (Lipinski definition) is 3. The van der Waals surface area contributed by atoms with Crippen LogP contribution in [-0.2, 0) is 21.0 Å². The topological polar surface area (TPSA) is 57.7 Å². The fourth-order valence-corrected chi connectivity index (χ4v) is 3.57. The largest absolute Gasteiger partial charge is 0.416 e. The van der Waals surface area contributed by atoms with Gasteiger partial charge in [0.15, 0.2) is 0 Å². The van der Waals surface area contributed by atoms with Crippen molar-refractivity contribution < 1.29 is 26.4 Å². The highest BCUT2D eigenvalue weighted by atomic mass is 35.5. The first-order chi connectivity index (χ1) is 11.0. The van der Waals surface area contributed by atoms with Crippen LogP contribution >= 0.6 is 11.6 Å². The molecule has 0 bridgehead atoms. The van der Waals surface area contributed by atoms with E-state index in [4.69, 9.17) is 11.6 Å². The van der Waals surface area contributed by atoms with Gasteiger partial charge in [0.2, 0.25) is 15.9 Å². The highest BCUT2D eigenvalue weighted by Crippen LogP contribution is 2.36. The lowest BCUT2D eigenvalue weighted by Crippen LogP contribution is -2.41. The summed E-state index contributed by atoms with van der Waals surface area (Å²) < 4.78 is 63.3. The number of rotatable bonds is 4. The van der Waals surface area contributed by atoms with Crippen molar-refractivity contribution in [1.29, 1.82) is 0 Å². The summed E-state index contributed by atoms with van der Waals surface area (Å²) in [6.45, 7) is 0.430. The number of nitrogens with zero attached hydrogens (tertiary/aromatic N) is 2. The van der Waals surface area contributed by atoms with Crippen LogP contribution in [0.15, 0.2) is 18.2 Å². The quantitative estimate of drug-likeness (QED) is 0.802. The highest BCUT2D eigenvalue weighted by Gasteiger charge is 2.33. The monoisotopic (exact) mass is 384 g/mol. The van der Waals surface area contributed by atoms with Crippen LogP contribution in [0.25, 0.3) is 0 Å². The predicted molar refractivity (Wildman–Crippen MR) is 84.5 cm³/mol. The Labute approximate surface area is 143 Å². The maximum Gasteiger partial charge on any atom is 0.416 e. The van der Waals surface area contributed by atoms with Crippen LogP contribution in [0.4, 0.5) is 18.9 Å². The highest BCUT2D eigenvalue weighted by molar-refractivity contribution is 7.92. The zero-order valence-corrected chi connectivity index (χ0v) is 14.4. The van der Waals surface area contributed by atoms with E-state index in [1.54, 1.807) is 0 Å². The van der Waals surface area contributed by atoms with E-state index in [1.165, 1.54) is 4.90 Å². The van der Waals surface area contributed by atoms with E-state index >= 15 is 0 Å². The Bertz CT molecular complexity index is 731. The molecule has 5 nitrogen and oxygen atoms in total. The molecule has 0 N–H and O–H groups in total. The number of sulfonamides is 1. The average molecular weight is 385 g/mol. The summed E-state index contributed by atoms with van der Waals surface area (Å²) in [4.78, 5) is 13.7. The Morgan fingerprint density at radius 3 is 2.38 bits per heavy atom. The SMILES string of the molecule is CS(=O)(=O)N(CC(=O)N1CCCC1)c1cc(C(F)(F)F)ccc1Cl. The molecule has 0 atom stereocenters. The van der Waals surface area contributed by atoms with Crippen LogP contribution in [0.2, 0.25) is 5.02 Å². The number of likely N-dealkylation sites (tertiary alicyclic amines) is 1. The number of benzene rings is 1. The van der Waals surface area contributed by atoms with E-state index in [-0.39, 0.29) is 10.7 Å². The maximum atomic E-state index is 12.9. The molecule has 1 amide bonds. The van der Waals surface area contributed by atoms with Gasteiger partial charge in [-0.05, 0) is 31.0 Å². The van der Waals surface area contributed by atoms with Crippen molar-refractivity contribution in [2.75, 3.05) is 30.2 Å². The van der Waals surface area contributed by atoms with E-state index in [0.717, 1.165) is 31.2 Å². The van der Waals surface area contributed by atoms with Gasteiger partial charge in [-0.3, -0.25) is 9.10 Å². The summed E-state index contributed by atoms with van der Waals surface area (Å²) in [5.74, 6) is -0.466. The third-order valence-corrected chi connectivity index (χ3v) is 5.13. The first-order valence-electron chi connectivity index (χ1n) is 7.12. The van der Waals surface area contributed by atoms with Crippen LogP contribution in [0.5, 0.6) is 0 Å². The minimum absolute atomic E-state index is 0.178. The van der Waals surface area contributed by atoms with Crippen LogP contribution in [-0.4, -0.2) is 45.1 Å². The van der Waals surface area contributed by atoms with Crippen molar-refractivity contribution in [3.05, 3.63) is 28.8 Å². The Kier molecular flexibility index (Phi) is 5.34. The number of halogens is 4. The third-order valence-electron chi connectivity index (χ3n) is 3.68. The van der Waals surface area contributed by atoms with Gasteiger partial charge in [0.05, 0.1) is 22.5 Å². The van der Waals surface area contributed by atoms with E-state index in [2.05, 4.69) is 0 Å². The van der Waals surface area contributed by atoms with E-state index in [0.29, 0.717) is 23.5 Å². The molecule has 1 saturated heterocycles. The van der Waals surface area contributed by atoms with Gasteiger partial charge in [-0.1, -0.05) is 11.6 Å². The summed E-state index contributed by atoms with van der Waals surface area (Å²) in [5, 5.41) is -0.178. The van der Waals surface area contributed by atoms with Crippen molar-refractivity contribution >= 4 is 33.2 Å². The van der Waals surface area contributed by atoms with Gasteiger partial charge in [0, 0.05) is 13.1 Å². The van der Waals surface area contributed by atoms with Crippen molar-refractivity contribution in [3.8, 4) is 0 Å². The Morgan fingerprint density at radius 1 is 1.29 bits per heavy atom. The zero-order valence-electron chi connectivity index (χ0n) is 12.8. The molecule has 134 valence electrons. The summed E-state index contributed by atoms with van der Waals surface area (Å²) in [5.41, 5.74) is -1.40. The average Bonchev–Trinajstić information content (AvgIpc) is 2.97. The van der Waals surface area contributed by atoms with Crippen LogP contribution in [0.1, 0.15) is 18.4 Å². The standard InChI is InChI=1S/C14H16ClF3N2O3S/c1-24(22,23)20(9-13(21)19-6-2-3-7-19)12-8-10(14(16,17)18)4-5-11(12)15/h4-5,8H,2-3,6-7,9H2,1H3. The van der Waals surface area contributed by atoms with Gasteiger partial charge in [-0.25, -0.2) is 8.42 Å². The molecule has 10 heteroatoms. The fraction of sp³-hybridized carbons (Fsp3) is 0.500. The fourth-order valence-electron chi connectivity index (χ4n) is 2.45. The second-order valence-corrected chi connectivity index (χ2v) is 7.84. The van der Waals surface area contributed by atoms with Gasteiger partial charge in [0.1, 0.15) is 6.54 Å². The van der Waals surface area contributed by atoms with Crippen molar-refractivity contribution in [3.63, 3.8) is 0 Å². The molecular weight excluding hydrogens is 369 g/mol. The number of carbonyl (C=O) groups excluding carboxylic acids is 1. The van der Waals surface area contributed by atoms with Gasteiger partial charge < -0.3 is 4.90 Å². The predicted octanol–water partition coefficient (Wildman–Crippen LogP) is 2.75. The van der Waals surface area contributed by atoms with Gasteiger partial charge in [0.25, 0.3) is 0 Å². The van der Waals surface area contributed by atoms with E-state index in [1.807, 2.05) is 0 Å². The minimum Gasteiger partial charge on any atom is -0.341 e. The summed E-state index contributed by atoms with van der Waals surface area (Å²) in [6, 6.07) is 2.37. The molecule has 1 aromatic carbocycles. The molecule has 24 heavy (non-hydrogen) atoms. The number of carbonyl (C=O) groups is 1. The molecule has 1 fully saturated rings. The molecule has 1 heterocycles. The maximum absolute atomic E-state index is 12.9. The van der Waals surface area contributed by atoms with Gasteiger partial charge in [-0.15, -0.1) is 0 Å². The Balaban J connectivity index is 2.40. The molecule has 0 aliphatic carbocycles. The zero-order chi connectivity index (χ0) is 18.1. The lowest BCUT2D eigenvalue weighted by Gasteiger charge is -2.26. The number of hydrogen-bond donors (Lipinski definition) is 0. The first kappa shape index (κ1) is 18.9. The molecule has 1 aromatic rings. The van der Waals surface area contributed by atoms with Gasteiger partial charge in [-0.2, -0.15) is 13.2 Å². The molecule has 2 rings (SSSR count). The third kappa shape index (κ3) is 4.32. The molecule has 0 spiro atoms. The van der Waals surface area contributed by atoms with Crippen LogP contribution in [0, 0.1) is 0 Å². The van der Waals surface area contributed by atoms with Crippen molar-refractivity contribution in [2.24, 2.45) is 0 Å². The second-order valence-electron chi connectivity index (χ2n) is 5.52. The molecule has 0 aromatic heterocycles. The smallest absolute Gasteiger partial charge is 0.341 e. The van der Waals surface area contributed by atoms with Crippen LogP contribution in [0.3, 0.4) is 0 Å². The first-order valence-corrected chi connectivity index (χ1v) is 9.35. The van der Waals surface area contributed by atoms with Crippen molar-refractivity contribution in [2.45, 2.75) is 19.0 Å². The normalized spacial score (nSPS) is 15.6. The molecule has 0 saturated carbocycles. The molecule has 0 unspecified atom stereocenters.